The maximum absolute atomic E-state index is 5.37. The molecule has 1 aromatic carbocycles. The molecule has 7 heteroatoms. The predicted molar refractivity (Wildman–Crippen MR) is 114 cm³/mol. The number of likely N-dealkylation sites (tertiary alicyclic amines) is 1. The Hall–Kier alpha value is -2.12. The molecule has 1 saturated heterocycles. The molecular formula is C21H27N5OS. The Morgan fingerprint density at radius 3 is 2.71 bits per heavy atom. The van der Waals surface area contributed by atoms with Crippen LogP contribution >= 0.6 is 11.8 Å². The molecule has 3 aromatic rings. The van der Waals surface area contributed by atoms with Crippen LogP contribution in [0.2, 0.25) is 0 Å². The topological polar surface area (TPSA) is 56.1 Å². The summed E-state index contributed by atoms with van der Waals surface area (Å²) in [5.41, 5.74) is 3.92. The fraction of sp³-hybridized carbons (Fsp3) is 0.476. The van der Waals surface area contributed by atoms with Gasteiger partial charge in [-0.2, -0.15) is 10.2 Å². The van der Waals surface area contributed by atoms with Crippen LogP contribution < -0.4 is 4.74 Å². The molecule has 0 spiro atoms. The zero-order valence-corrected chi connectivity index (χ0v) is 17.6. The molecule has 2 aromatic heterocycles. The summed E-state index contributed by atoms with van der Waals surface area (Å²) in [5, 5.41) is 15.8. The van der Waals surface area contributed by atoms with Crippen LogP contribution in [0.5, 0.6) is 5.75 Å². The lowest BCUT2D eigenvalue weighted by Gasteiger charge is -2.25. The average Bonchev–Trinajstić information content (AvgIpc) is 3.09. The van der Waals surface area contributed by atoms with E-state index in [1.807, 2.05) is 35.9 Å². The highest BCUT2D eigenvalue weighted by Gasteiger charge is 2.18. The lowest BCUT2D eigenvalue weighted by atomic mass is 10.1. The minimum absolute atomic E-state index is 0.820. The van der Waals surface area contributed by atoms with E-state index in [2.05, 4.69) is 22.0 Å². The van der Waals surface area contributed by atoms with Gasteiger partial charge >= 0.3 is 0 Å². The Labute approximate surface area is 170 Å². The van der Waals surface area contributed by atoms with Gasteiger partial charge in [-0.15, -0.1) is 16.9 Å². The van der Waals surface area contributed by atoms with Crippen molar-refractivity contribution in [2.75, 3.05) is 32.5 Å². The smallest absolute Gasteiger partial charge is 0.147 e. The second kappa shape index (κ2) is 8.49. The van der Waals surface area contributed by atoms with Crippen molar-refractivity contribution in [3.05, 3.63) is 35.7 Å². The fourth-order valence-electron chi connectivity index (χ4n) is 3.85. The number of rotatable bonds is 6. The lowest BCUT2D eigenvalue weighted by Crippen LogP contribution is -2.31. The molecule has 0 atom stereocenters. The highest BCUT2D eigenvalue weighted by Crippen LogP contribution is 2.30. The van der Waals surface area contributed by atoms with Crippen LogP contribution in [0.15, 0.2) is 29.3 Å². The van der Waals surface area contributed by atoms with Crippen LogP contribution in [0.4, 0.5) is 0 Å². The van der Waals surface area contributed by atoms with Crippen molar-refractivity contribution in [3.8, 4) is 11.4 Å². The normalized spacial score (nSPS) is 15.2. The zero-order chi connectivity index (χ0) is 19.5. The number of hydrogen-bond acceptors (Lipinski definition) is 6. The number of nitrogens with zero attached hydrogens (tertiary/aromatic N) is 5. The highest BCUT2D eigenvalue weighted by atomic mass is 32.2. The van der Waals surface area contributed by atoms with Gasteiger partial charge in [0.15, 0.2) is 0 Å². The maximum atomic E-state index is 5.37. The summed E-state index contributed by atoms with van der Waals surface area (Å²) in [4.78, 5) is 2.55. The Morgan fingerprint density at radius 2 is 1.93 bits per heavy atom. The molecule has 0 unspecified atom stereocenters. The van der Waals surface area contributed by atoms with Gasteiger partial charge in [-0.1, -0.05) is 12.5 Å². The number of fused-ring (bicyclic) bond motifs is 1. The van der Waals surface area contributed by atoms with Crippen molar-refractivity contribution < 1.29 is 4.74 Å². The molecule has 28 heavy (non-hydrogen) atoms. The van der Waals surface area contributed by atoms with Crippen LogP contribution in [0.3, 0.4) is 0 Å². The van der Waals surface area contributed by atoms with Crippen LogP contribution in [0.1, 0.15) is 30.7 Å². The van der Waals surface area contributed by atoms with E-state index in [1.165, 1.54) is 32.4 Å². The molecule has 0 radical (unpaired) electrons. The first-order valence-electron chi connectivity index (χ1n) is 9.89. The first-order valence-corrected chi connectivity index (χ1v) is 10.9. The van der Waals surface area contributed by atoms with E-state index in [1.54, 1.807) is 18.9 Å². The minimum atomic E-state index is 0.820. The van der Waals surface area contributed by atoms with Gasteiger partial charge in [-0.3, -0.25) is 0 Å². The van der Waals surface area contributed by atoms with Crippen molar-refractivity contribution in [3.63, 3.8) is 0 Å². The average molecular weight is 398 g/mol. The molecule has 0 saturated carbocycles. The van der Waals surface area contributed by atoms with Crippen molar-refractivity contribution in [2.24, 2.45) is 0 Å². The van der Waals surface area contributed by atoms with Gasteiger partial charge in [-0.25, -0.2) is 4.68 Å². The molecule has 0 amide bonds. The van der Waals surface area contributed by atoms with Crippen LogP contribution in [-0.2, 0) is 0 Å². The largest absolute Gasteiger partial charge is 0.497 e. The summed E-state index contributed by atoms with van der Waals surface area (Å²) in [5.74, 6) is 1.83. The van der Waals surface area contributed by atoms with E-state index in [9.17, 15) is 0 Å². The van der Waals surface area contributed by atoms with Gasteiger partial charge in [0.25, 0.3) is 0 Å². The number of methoxy groups -OCH3 is 1. The van der Waals surface area contributed by atoms with Gasteiger partial charge in [0.05, 0.1) is 24.2 Å². The van der Waals surface area contributed by atoms with Gasteiger partial charge < -0.3 is 9.64 Å². The molecule has 148 valence electrons. The molecule has 0 bridgehead atoms. The number of benzene rings is 1. The van der Waals surface area contributed by atoms with Crippen molar-refractivity contribution in [1.82, 2.24) is 24.9 Å². The van der Waals surface area contributed by atoms with E-state index in [-0.39, 0.29) is 0 Å². The predicted octanol–water partition coefficient (Wildman–Crippen LogP) is 4.02. The third-order valence-corrected chi connectivity index (χ3v) is 6.30. The molecule has 4 rings (SSSR count). The summed E-state index contributed by atoms with van der Waals surface area (Å²) in [7, 11) is 1.68. The quantitative estimate of drug-likeness (QED) is 0.586. The van der Waals surface area contributed by atoms with E-state index in [4.69, 9.17) is 9.84 Å². The number of aromatic nitrogens is 4. The SMILES string of the molecule is COc1cccc(-n2nc3c(SCCN4CCCCC4)nnc(C)c3c2C)c1. The second-order valence-corrected chi connectivity index (χ2v) is 8.35. The monoisotopic (exact) mass is 397 g/mol. The first kappa shape index (κ1) is 19.2. The Balaban J connectivity index is 1.62. The standard InChI is InChI=1S/C21H27N5OS/c1-15-19-16(2)26(17-8-7-9-18(14-17)27-3)24-20(19)21(23-22-15)28-13-12-25-10-5-4-6-11-25/h7-9,14H,4-6,10-13H2,1-3H3. The Kier molecular flexibility index (Phi) is 5.82. The van der Waals surface area contributed by atoms with E-state index in [0.717, 1.165) is 51.1 Å². The first-order chi connectivity index (χ1) is 13.7. The molecule has 3 heterocycles. The third kappa shape index (κ3) is 3.86. The molecule has 0 N–H and O–H groups in total. The number of hydrogen-bond donors (Lipinski definition) is 0. The molecule has 0 aliphatic carbocycles. The second-order valence-electron chi connectivity index (χ2n) is 7.26. The number of piperidine rings is 1. The Bertz CT molecular complexity index is 965. The number of aryl methyl sites for hydroxylation is 2. The van der Waals surface area contributed by atoms with E-state index >= 15 is 0 Å². The highest BCUT2D eigenvalue weighted by molar-refractivity contribution is 7.99. The van der Waals surface area contributed by atoms with Gasteiger partial charge in [0.2, 0.25) is 0 Å². The van der Waals surface area contributed by atoms with Crippen molar-refractivity contribution in [2.45, 2.75) is 38.1 Å². The molecular weight excluding hydrogens is 370 g/mol. The van der Waals surface area contributed by atoms with Crippen molar-refractivity contribution >= 4 is 22.7 Å². The molecule has 1 fully saturated rings. The van der Waals surface area contributed by atoms with Crippen LogP contribution in [0.25, 0.3) is 16.6 Å². The minimum Gasteiger partial charge on any atom is -0.497 e. The van der Waals surface area contributed by atoms with Crippen molar-refractivity contribution in [1.29, 1.82) is 0 Å². The number of thioether (sulfide) groups is 1. The fourth-order valence-corrected chi connectivity index (χ4v) is 4.77. The Morgan fingerprint density at radius 1 is 1.11 bits per heavy atom. The summed E-state index contributed by atoms with van der Waals surface area (Å²) < 4.78 is 7.34. The molecule has 1 aliphatic rings. The maximum Gasteiger partial charge on any atom is 0.147 e. The van der Waals surface area contributed by atoms with Gasteiger partial charge in [0.1, 0.15) is 16.3 Å². The lowest BCUT2D eigenvalue weighted by molar-refractivity contribution is 0.242. The summed E-state index contributed by atoms with van der Waals surface area (Å²) >= 11 is 1.76. The summed E-state index contributed by atoms with van der Waals surface area (Å²) in [6.45, 7) is 7.63. The number of ether oxygens (including phenoxy) is 1. The zero-order valence-electron chi connectivity index (χ0n) is 16.8. The third-order valence-electron chi connectivity index (χ3n) is 5.36. The van der Waals surface area contributed by atoms with Gasteiger partial charge in [0, 0.05) is 23.8 Å². The summed E-state index contributed by atoms with van der Waals surface area (Å²) in [6, 6.07) is 7.97. The van der Waals surface area contributed by atoms with E-state index < -0.39 is 0 Å². The molecule has 6 nitrogen and oxygen atoms in total. The summed E-state index contributed by atoms with van der Waals surface area (Å²) in [6.07, 6.45) is 4.02. The molecule has 1 aliphatic heterocycles. The van der Waals surface area contributed by atoms with Crippen LogP contribution in [-0.4, -0.2) is 57.4 Å². The van der Waals surface area contributed by atoms with Crippen LogP contribution in [0, 0.1) is 13.8 Å². The van der Waals surface area contributed by atoms with Gasteiger partial charge in [-0.05, 0) is 51.9 Å². The van der Waals surface area contributed by atoms with E-state index in [0.29, 0.717) is 0 Å².